The van der Waals surface area contributed by atoms with Crippen LogP contribution in [0.25, 0.3) is 0 Å². The van der Waals surface area contributed by atoms with Gasteiger partial charge in [0.05, 0.1) is 0 Å². The van der Waals surface area contributed by atoms with Gasteiger partial charge in [-0.05, 0) is 51.1 Å². The average Bonchev–Trinajstić information content (AvgIpc) is 2.37. The second kappa shape index (κ2) is 7.77. The van der Waals surface area contributed by atoms with Gasteiger partial charge in [0.2, 0.25) is 0 Å². The van der Waals surface area contributed by atoms with Crippen LogP contribution in [0.3, 0.4) is 0 Å². The van der Waals surface area contributed by atoms with E-state index in [-0.39, 0.29) is 5.54 Å². The molecule has 2 N–H and O–H groups in total. The fourth-order valence-corrected chi connectivity index (χ4v) is 3.57. The second-order valence-corrected chi connectivity index (χ2v) is 7.77. The number of rotatable bonds is 7. The van der Waals surface area contributed by atoms with Crippen LogP contribution < -0.4 is 5.73 Å². The van der Waals surface area contributed by atoms with Crippen molar-refractivity contribution in [1.29, 1.82) is 0 Å². The highest BCUT2D eigenvalue weighted by Gasteiger charge is 2.41. The van der Waals surface area contributed by atoms with Gasteiger partial charge in [-0.1, -0.05) is 27.7 Å². The number of likely N-dealkylation sites (N-methyl/N-ethyl adjacent to an activating group) is 1. The lowest BCUT2D eigenvalue weighted by molar-refractivity contribution is 0.00988. The summed E-state index contributed by atoms with van der Waals surface area (Å²) in [6.07, 6.45) is 3.87. The molecule has 0 amide bonds. The third kappa shape index (κ3) is 4.71. The molecule has 0 aliphatic heterocycles. The Labute approximate surface area is 126 Å². The third-order valence-corrected chi connectivity index (χ3v) is 5.19. The average molecular weight is 284 g/mol. The van der Waals surface area contributed by atoms with E-state index < -0.39 is 0 Å². The van der Waals surface area contributed by atoms with E-state index in [1.54, 1.807) is 0 Å². The van der Waals surface area contributed by atoms with Crippen molar-refractivity contribution in [3.63, 3.8) is 0 Å². The van der Waals surface area contributed by atoms with Gasteiger partial charge in [-0.25, -0.2) is 0 Å². The van der Waals surface area contributed by atoms with E-state index in [9.17, 15) is 0 Å². The number of nitrogens with two attached hydrogens (primary N) is 1. The Morgan fingerprint density at radius 2 is 1.80 bits per heavy atom. The topological polar surface area (TPSA) is 32.5 Å². The molecular formula is C17H37N3. The van der Waals surface area contributed by atoms with E-state index in [1.807, 2.05) is 0 Å². The molecule has 0 aromatic carbocycles. The van der Waals surface area contributed by atoms with E-state index in [0.29, 0.717) is 5.92 Å². The zero-order chi connectivity index (χ0) is 15.3. The van der Waals surface area contributed by atoms with Crippen molar-refractivity contribution >= 4 is 0 Å². The summed E-state index contributed by atoms with van der Waals surface area (Å²) < 4.78 is 0. The second-order valence-electron chi connectivity index (χ2n) is 7.77. The van der Waals surface area contributed by atoms with Gasteiger partial charge in [0.25, 0.3) is 0 Å². The van der Waals surface area contributed by atoms with Crippen LogP contribution in [0.2, 0.25) is 0 Å². The van der Waals surface area contributed by atoms with Crippen molar-refractivity contribution in [3.8, 4) is 0 Å². The molecule has 0 spiro atoms. The lowest BCUT2D eigenvalue weighted by atomic mass is 9.70. The predicted octanol–water partition coefficient (Wildman–Crippen LogP) is 2.66. The van der Waals surface area contributed by atoms with Gasteiger partial charge in [-0.2, -0.15) is 0 Å². The van der Waals surface area contributed by atoms with Gasteiger partial charge in [0, 0.05) is 31.7 Å². The van der Waals surface area contributed by atoms with E-state index in [1.165, 1.54) is 25.8 Å². The van der Waals surface area contributed by atoms with Crippen molar-refractivity contribution < 1.29 is 0 Å². The third-order valence-electron chi connectivity index (χ3n) is 5.19. The Hall–Kier alpha value is -0.120. The molecule has 1 aliphatic rings. The Morgan fingerprint density at radius 3 is 2.25 bits per heavy atom. The summed E-state index contributed by atoms with van der Waals surface area (Å²) in [7, 11) is 4.32. The monoisotopic (exact) mass is 283 g/mol. The van der Waals surface area contributed by atoms with Crippen LogP contribution >= 0.6 is 0 Å². The maximum Gasteiger partial charge on any atom is 0.0335 e. The van der Waals surface area contributed by atoms with Gasteiger partial charge >= 0.3 is 0 Å². The highest BCUT2D eigenvalue weighted by Crippen LogP contribution is 2.39. The van der Waals surface area contributed by atoms with Gasteiger partial charge in [0.15, 0.2) is 0 Å². The first-order valence-corrected chi connectivity index (χ1v) is 8.40. The zero-order valence-corrected chi connectivity index (χ0v) is 14.7. The maximum atomic E-state index is 6.27. The summed E-state index contributed by atoms with van der Waals surface area (Å²) in [4.78, 5) is 4.99. The number of nitrogens with zero attached hydrogens (tertiary/aromatic N) is 2. The minimum absolute atomic E-state index is 0.242. The first kappa shape index (κ1) is 17.9. The number of hydrogen-bond donors (Lipinski definition) is 1. The quantitative estimate of drug-likeness (QED) is 0.779. The predicted molar refractivity (Wildman–Crippen MR) is 88.9 cm³/mol. The van der Waals surface area contributed by atoms with Gasteiger partial charge in [-0.15, -0.1) is 0 Å². The molecule has 3 atom stereocenters. The van der Waals surface area contributed by atoms with Gasteiger partial charge in [0.1, 0.15) is 0 Å². The molecular weight excluding hydrogens is 246 g/mol. The SMILES string of the molecule is CC(C)CN(CCN(C)C)C1(CN)CCC(C)C(C)C1. The minimum atomic E-state index is 0.242. The van der Waals surface area contributed by atoms with E-state index in [4.69, 9.17) is 5.73 Å². The molecule has 0 heterocycles. The molecule has 0 radical (unpaired) electrons. The van der Waals surface area contributed by atoms with Crippen LogP contribution in [-0.4, -0.2) is 55.6 Å². The maximum absolute atomic E-state index is 6.27. The smallest absolute Gasteiger partial charge is 0.0335 e. The highest BCUT2D eigenvalue weighted by atomic mass is 15.2. The summed E-state index contributed by atoms with van der Waals surface area (Å²) >= 11 is 0. The Balaban J connectivity index is 2.82. The molecule has 0 aromatic rings. The van der Waals surface area contributed by atoms with Crippen LogP contribution in [0.15, 0.2) is 0 Å². The molecule has 1 aliphatic carbocycles. The van der Waals surface area contributed by atoms with Crippen molar-refractivity contribution in [3.05, 3.63) is 0 Å². The Morgan fingerprint density at radius 1 is 1.15 bits per heavy atom. The molecule has 120 valence electrons. The van der Waals surface area contributed by atoms with Crippen molar-refractivity contribution in [2.45, 2.75) is 52.5 Å². The van der Waals surface area contributed by atoms with Crippen LogP contribution in [0.1, 0.15) is 47.0 Å². The fraction of sp³-hybridized carbons (Fsp3) is 1.00. The Kier molecular flexibility index (Phi) is 6.96. The fourth-order valence-electron chi connectivity index (χ4n) is 3.57. The molecule has 3 heteroatoms. The molecule has 0 bridgehead atoms. The van der Waals surface area contributed by atoms with E-state index >= 15 is 0 Å². The van der Waals surface area contributed by atoms with E-state index in [0.717, 1.165) is 31.5 Å². The lowest BCUT2D eigenvalue weighted by Gasteiger charge is -2.50. The first-order chi connectivity index (χ1) is 9.30. The Bertz CT molecular complexity index is 277. The summed E-state index contributed by atoms with van der Waals surface area (Å²) in [6.45, 7) is 13.7. The number of hydrogen-bond acceptors (Lipinski definition) is 3. The zero-order valence-electron chi connectivity index (χ0n) is 14.7. The van der Waals surface area contributed by atoms with Crippen LogP contribution in [0.5, 0.6) is 0 Å². The molecule has 20 heavy (non-hydrogen) atoms. The molecule has 1 rings (SSSR count). The first-order valence-electron chi connectivity index (χ1n) is 8.40. The van der Waals surface area contributed by atoms with Crippen molar-refractivity contribution in [2.24, 2.45) is 23.5 Å². The summed E-state index contributed by atoms with van der Waals surface area (Å²) in [6, 6.07) is 0. The molecule has 3 nitrogen and oxygen atoms in total. The van der Waals surface area contributed by atoms with Crippen LogP contribution in [0, 0.1) is 17.8 Å². The van der Waals surface area contributed by atoms with Gasteiger partial charge in [-0.3, -0.25) is 4.90 Å². The van der Waals surface area contributed by atoms with Crippen molar-refractivity contribution in [2.75, 3.05) is 40.3 Å². The van der Waals surface area contributed by atoms with Crippen molar-refractivity contribution in [1.82, 2.24) is 9.80 Å². The van der Waals surface area contributed by atoms with Crippen LogP contribution in [0.4, 0.5) is 0 Å². The standard InChI is InChI=1S/C17H37N3/c1-14(2)12-20(10-9-19(5)6)17(13-18)8-7-15(3)16(4)11-17/h14-16H,7-13,18H2,1-6H3. The minimum Gasteiger partial charge on any atom is -0.329 e. The largest absolute Gasteiger partial charge is 0.329 e. The van der Waals surface area contributed by atoms with E-state index in [2.05, 4.69) is 51.6 Å². The van der Waals surface area contributed by atoms with Crippen LogP contribution in [-0.2, 0) is 0 Å². The summed E-state index contributed by atoms with van der Waals surface area (Å²) in [5.74, 6) is 2.35. The lowest BCUT2D eigenvalue weighted by Crippen LogP contribution is -2.59. The molecule has 3 unspecified atom stereocenters. The molecule has 1 fully saturated rings. The summed E-state index contributed by atoms with van der Waals surface area (Å²) in [5.41, 5.74) is 6.52. The molecule has 0 aromatic heterocycles. The summed E-state index contributed by atoms with van der Waals surface area (Å²) in [5, 5.41) is 0. The molecule has 0 saturated heterocycles. The molecule has 1 saturated carbocycles. The highest BCUT2D eigenvalue weighted by molar-refractivity contribution is 4.97. The van der Waals surface area contributed by atoms with Gasteiger partial charge < -0.3 is 10.6 Å². The normalized spacial score (nSPS) is 31.5.